The minimum Gasteiger partial charge on any atom is -0.393 e. The number of aliphatic hydroxyl groups excluding tert-OH is 1. The first-order valence-electron chi connectivity index (χ1n) is 13.2. The highest BCUT2D eigenvalue weighted by Crippen LogP contribution is 2.19. The van der Waals surface area contributed by atoms with Crippen molar-refractivity contribution in [3.05, 3.63) is 87.4 Å². The second kappa shape index (κ2) is 16.7. The van der Waals surface area contributed by atoms with Gasteiger partial charge in [-0.05, 0) is 43.4 Å². The van der Waals surface area contributed by atoms with Crippen LogP contribution in [0, 0.1) is 0 Å². The number of hydrogen-bond acceptors (Lipinski definition) is 4. The van der Waals surface area contributed by atoms with Gasteiger partial charge in [-0.3, -0.25) is 14.2 Å². The molecule has 0 aliphatic carbocycles. The van der Waals surface area contributed by atoms with Gasteiger partial charge in [0.15, 0.2) is 0 Å². The Balaban J connectivity index is 0.00000112. The van der Waals surface area contributed by atoms with Gasteiger partial charge in [0.2, 0.25) is 5.91 Å². The molecule has 3 aromatic rings. The van der Waals surface area contributed by atoms with Gasteiger partial charge in [0, 0.05) is 29.6 Å². The lowest BCUT2D eigenvalue weighted by Crippen LogP contribution is -2.35. The monoisotopic (exact) mass is 525 g/mol. The van der Waals surface area contributed by atoms with E-state index in [1.807, 2.05) is 37.3 Å². The molecule has 1 aromatic heterocycles. The third kappa shape index (κ3) is 10.9. The summed E-state index contributed by atoms with van der Waals surface area (Å²) >= 11 is 5.94. The smallest absolute Gasteiger partial charge is 0.254 e. The van der Waals surface area contributed by atoms with E-state index in [4.69, 9.17) is 11.6 Å². The zero-order valence-electron chi connectivity index (χ0n) is 22.3. The van der Waals surface area contributed by atoms with Crippen LogP contribution in [0.4, 0.5) is 0 Å². The number of nitrogens with zero attached hydrogens (tertiary/aromatic N) is 2. The molecule has 0 radical (unpaired) electrons. The minimum absolute atomic E-state index is 0.0972. The Labute approximate surface area is 225 Å². The number of aryl methyl sites for hydroxylation is 2. The van der Waals surface area contributed by atoms with E-state index in [-0.39, 0.29) is 18.0 Å². The van der Waals surface area contributed by atoms with E-state index in [0.717, 1.165) is 18.4 Å². The van der Waals surface area contributed by atoms with Crippen LogP contribution in [0.2, 0.25) is 5.02 Å². The number of aliphatic hydroxyl groups is 1. The maximum Gasteiger partial charge on any atom is 0.254 e. The van der Waals surface area contributed by atoms with Crippen molar-refractivity contribution in [1.82, 2.24) is 14.9 Å². The molecule has 2 aromatic carbocycles. The molecule has 0 bridgehead atoms. The summed E-state index contributed by atoms with van der Waals surface area (Å²) in [7, 11) is 0. The highest BCUT2D eigenvalue weighted by molar-refractivity contribution is 6.30. The highest BCUT2D eigenvalue weighted by Gasteiger charge is 2.13. The fourth-order valence-corrected chi connectivity index (χ4v) is 3.80. The Morgan fingerprint density at radius 1 is 1.03 bits per heavy atom. The number of amides is 1. The average Bonchev–Trinajstić information content (AvgIpc) is 2.91. The molecular formula is C30H40ClN3O3. The SMILES string of the molecule is CCCC.CCc1nc(-c2ccc(Cl)cc2)cc(=O)n1CC(=O)NCCC(O)CCCc1ccccc1. The molecule has 0 saturated heterocycles. The first-order valence-corrected chi connectivity index (χ1v) is 13.6. The summed E-state index contributed by atoms with van der Waals surface area (Å²) < 4.78 is 1.39. The van der Waals surface area contributed by atoms with Crippen molar-refractivity contribution in [3.8, 4) is 11.3 Å². The van der Waals surface area contributed by atoms with Crippen LogP contribution < -0.4 is 10.9 Å². The largest absolute Gasteiger partial charge is 0.393 e. The van der Waals surface area contributed by atoms with Gasteiger partial charge in [-0.25, -0.2) is 4.98 Å². The fourth-order valence-electron chi connectivity index (χ4n) is 3.67. The Bertz CT molecular complexity index is 1130. The molecular weight excluding hydrogens is 486 g/mol. The molecule has 2 N–H and O–H groups in total. The Morgan fingerprint density at radius 3 is 2.32 bits per heavy atom. The van der Waals surface area contributed by atoms with Crippen molar-refractivity contribution in [2.75, 3.05) is 6.54 Å². The van der Waals surface area contributed by atoms with Gasteiger partial charge < -0.3 is 10.4 Å². The number of nitrogens with one attached hydrogen (secondary N) is 1. The zero-order chi connectivity index (χ0) is 27.0. The van der Waals surface area contributed by atoms with Gasteiger partial charge in [-0.15, -0.1) is 0 Å². The van der Waals surface area contributed by atoms with E-state index in [9.17, 15) is 14.7 Å². The van der Waals surface area contributed by atoms with E-state index in [0.29, 0.717) is 42.3 Å². The molecule has 1 atom stereocenters. The number of carbonyl (C=O) groups is 1. The van der Waals surface area contributed by atoms with E-state index >= 15 is 0 Å². The fraction of sp³-hybridized carbons (Fsp3) is 0.433. The highest BCUT2D eigenvalue weighted by atomic mass is 35.5. The zero-order valence-corrected chi connectivity index (χ0v) is 23.0. The molecule has 6 nitrogen and oxygen atoms in total. The molecule has 3 rings (SSSR count). The molecule has 1 unspecified atom stereocenters. The van der Waals surface area contributed by atoms with Gasteiger partial charge in [0.1, 0.15) is 12.4 Å². The van der Waals surface area contributed by atoms with Crippen LogP contribution in [0.15, 0.2) is 65.5 Å². The van der Waals surface area contributed by atoms with Crippen LogP contribution in [-0.2, 0) is 24.2 Å². The van der Waals surface area contributed by atoms with Crippen LogP contribution in [0.5, 0.6) is 0 Å². The molecule has 7 heteroatoms. The third-order valence-corrected chi connectivity index (χ3v) is 6.24. The molecule has 0 spiro atoms. The van der Waals surface area contributed by atoms with Crippen LogP contribution >= 0.6 is 11.6 Å². The minimum atomic E-state index is -0.469. The molecule has 0 fully saturated rings. The maximum absolute atomic E-state index is 12.7. The molecule has 0 saturated carbocycles. The lowest BCUT2D eigenvalue weighted by atomic mass is 10.0. The second-order valence-corrected chi connectivity index (χ2v) is 9.45. The summed E-state index contributed by atoms with van der Waals surface area (Å²) in [4.78, 5) is 29.7. The number of hydrogen-bond donors (Lipinski definition) is 2. The average molecular weight is 526 g/mol. The first kappa shape index (κ1) is 30.3. The van der Waals surface area contributed by atoms with Crippen molar-refractivity contribution in [1.29, 1.82) is 0 Å². The molecule has 1 heterocycles. The van der Waals surface area contributed by atoms with E-state index in [1.54, 1.807) is 12.1 Å². The van der Waals surface area contributed by atoms with Gasteiger partial charge in [-0.2, -0.15) is 0 Å². The van der Waals surface area contributed by atoms with E-state index in [1.165, 1.54) is 29.0 Å². The van der Waals surface area contributed by atoms with Crippen LogP contribution in [0.25, 0.3) is 11.3 Å². The molecule has 0 aliphatic rings. The first-order chi connectivity index (χ1) is 17.9. The number of rotatable bonds is 12. The maximum atomic E-state index is 12.7. The van der Waals surface area contributed by atoms with Gasteiger partial charge >= 0.3 is 0 Å². The van der Waals surface area contributed by atoms with E-state index in [2.05, 4.69) is 36.3 Å². The number of benzene rings is 2. The summed E-state index contributed by atoms with van der Waals surface area (Å²) in [6.45, 7) is 6.52. The van der Waals surface area contributed by atoms with Crippen molar-refractivity contribution in [2.24, 2.45) is 0 Å². The molecule has 1 amide bonds. The normalized spacial score (nSPS) is 11.4. The topological polar surface area (TPSA) is 84.2 Å². The molecule has 0 aliphatic heterocycles. The summed E-state index contributed by atoms with van der Waals surface area (Å²) in [5, 5.41) is 13.6. The summed E-state index contributed by atoms with van der Waals surface area (Å²) in [6, 6.07) is 18.7. The van der Waals surface area contributed by atoms with Crippen molar-refractivity contribution < 1.29 is 9.90 Å². The number of halogens is 1. The summed E-state index contributed by atoms with van der Waals surface area (Å²) in [5.41, 5.74) is 2.33. The lowest BCUT2D eigenvalue weighted by molar-refractivity contribution is -0.121. The van der Waals surface area contributed by atoms with Crippen molar-refractivity contribution >= 4 is 17.5 Å². The van der Waals surface area contributed by atoms with Crippen molar-refractivity contribution in [3.63, 3.8) is 0 Å². The molecule has 37 heavy (non-hydrogen) atoms. The Hall–Kier alpha value is -2.96. The number of carbonyl (C=O) groups excluding carboxylic acids is 1. The van der Waals surface area contributed by atoms with Gasteiger partial charge in [0.05, 0.1) is 11.8 Å². The van der Waals surface area contributed by atoms with Crippen LogP contribution in [0.3, 0.4) is 0 Å². The Kier molecular flexibility index (Phi) is 13.7. The number of aromatic nitrogens is 2. The Morgan fingerprint density at radius 2 is 1.70 bits per heavy atom. The molecule has 200 valence electrons. The van der Waals surface area contributed by atoms with Crippen molar-refractivity contribution in [2.45, 2.75) is 78.4 Å². The standard InChI is InChI=1S/C26H30ClN3O3.C4H10/c1-2-24-29-23(20-11-13-21(27)14-12-20)17-26(33)30(24)18-25(32)28-16-15-22(31)10-6-9-19-7-4-3-5-8-19;1-3-4-2/h3-5,7-8,11-14,17,22,31H,2,6,9-10,15-16,18H2,1H3,(H,28,32);3-4H2,1-2H3. The quantitative estimate of drug-likeness (QED) is 0.312. The van der Waals surface area contributed by atoms with Crippen LogP contribution in [0.1, 0.15) is 64.3 Å². The van der Waals surface area contributed by atoms with Gasteiger partial charge in [-0.1, -0.05) is 87.7 Å². The lowest BCUT2D eigenvalue weighted by Gasteiger charge is -2.14. The summed E-state index contributed by atoms with van der Waals surface area (Å²) in [5.74, 6) is 0.271. The van der Waals surface area contributed by atoms with Crippen LogP contribution in [-0.4, -0.2) is 33.2 Å². The van der Waals surface area contributed by atoms with Gasteiger partial charge in [0.25, 0.3) is 5.56 Å². The number of unbranched alkanes of at least 4 members (excludes halogenated alkanes) is 1. The summed E-state index contributed by atoms with van der Waals surface area (Å²) in [6.07, 6.45) is 5.66. The third-order valence-electron chi connectivity index (χ3n) is 5.99. The van der Waals surface area contributed by atoms with E-state index < -0.39 is 6.10 Å². The second-order valence-electron chi connectivity index (χ2n) is 9.01. The predicted molar refractivity (Wildman–Crippen MR) is 152 cm³/mol. The predicted octanol–water partition coefficient (Wildman–Crippen LogP) is 5.82.